The largest absolute Gasteiger partial charge is 0.481 e. The second-order valence-corrected chi connectivity index (χ2v) is 3.98. The van der Waals surface area contributed by atoms with Gasteiger partial charge in [0.1, 0.15) is 0 Å². The molecule has 1 aromatic rings. The summed E-state index contributed by atoms with van der Waals surface area (Å²) in [7, 11) is 0. The third-order valence-corrected chi connectivity index (χ3v) is 2.86. The summed E-state index contributed by atoms with van der Waals surface area (Å²) in [4.78, 5) is 11.1. The van der Waals surface area contributed by atoms with E-state index in [2.05, 4.69) is 0 Å². The van der Waals surface area contributed by atoms with Crippen LogP contribution in [0.1, 0.15) is 11.1 Å². The molecule has 0 unspecified atom stereocenters. The Kier molecular flexibility index (Phi) is 4.61. The van der Waals surface area contributed by atoms with Crippen molar-refractivity contribution in [2.45, 2.75) is 18.1 Å². The normalized spacial score (nSPS) is 10.3. The van der Waals surface area contributed by atoms with E-state index < -0.39 is 5.97 Å². The van der Waals surface area contributed by atoms with E-state index in [4.69, 9.17) is 15.3 Å². The zero-order valence-electron chi connectivity index (χ0n) is 8.01. The summed E-state index contributed by atoms with van der Waals surface area (Å²) in [6, 6.07) is 5.12. The van der Waals surface area contributed by atoms with Gasteiger partial charge in [-0.1, -0.05) is 6.07 Å². The third kappa shape index (κ3) is 3.54. The van der Waals surface area contributed by atoms with Crippen LogP contribution in [0.4, 0.5) is 0 Å². The van der Waals surface area contributed by atoms with Crippen LogP contribution >= 0.6 is 11.8 Å². The van der Waals surface area contributed by atoms with Gasteiger partial charge in [0, 0.05) is 4.90 Å². The van der Waals surface area contributed by atoms with Crippen LogP contribution < -0.4 is 0 Å². The summed E-state index contributed by atoms with van der Waals surface area (Å²) in [5.74, 6) is -0.889. The molecule has 0 heterocycles. The van der Waals surface area contributed by atoms with E-state index in [9.17, 15) is 4.79 Å². The zero-order chi connectivity index (χ0) is 11.3. The first-order valence-corrected chi connectivity index (χ1v) is 5.34. The average Bonchev–Trinajstić information content (AvgIpc) is 2.25. The standard InChI is InChI=1S/C10H12O4S/c11-4-7-1-2-9(3-8(7)5-12)15-6-10(13)14/h1-3,11-12H,4-6H2,(H,13,14). The lowest BCUT2D eigenvalue weighted by atomic mass is 10.1. The number of hydrogen-bond acceptors (Lipinski definition) is 4. The molecule has 5 heteroatoms. The van der Waals surface area contributed by atoms with E-state index in [1.807, 2.05) is 0 Å². The van der Waals surface area contributed by atoms with Gasteiger partial charge in [0.2, 0.25) is 0 Å². The Morgan fingerprint density at radius 3 is 2.40 bits per heavy atom. The predicted octanol–water partition coefficient (Wildman–Crippen LogP) is 0.848. The van der Waals surface area contributed by atoms with Gasteiger partial charge in [0.05, 0.1) is 19.0 Å². The number of carbonyl (C=O) groups is 1. The number of aliphatic hydroxyl groups is 2. The van der Waals surface area contributed by atoms with Crippen molar-refractivity contribution in [3.63, 3.8) is 0 Å². The molecule has 0 fully saturated rings. The Balaban J connectivity index is 2.78. The van der Waals surface area contributed by atoms with Gasteiger partial charge in [-0.3, -0.25) is 4.79 Å². The second-order valence-electron chi connectivity index (χ2n) is 2.93. The highest BCUT2D eigenvalue weighted by atomic mass is 32.2. The molecule has 0 bridgehead atoms. The van der Waals surface area contributed by atoms with E-state index in [1.54, 1.807) is 18.2 Å². The Morgan fingerprint density at radius 2 is 1.87 bits per heavy atom. The van der Waals surface area contributed by atoms with E-state index >= 15 is 0 Å². The van der Waals surface area contributed by atoms with Gasteiger partial charge >= 0.3 is 5.97 Å². The molecule has 15 heavy (non-hydrogen) atoms. The van der Waals surface area contributed by atoms with Crippen molar-refractivity contribution in [2.75, 3.05) is 5.75 Å². The van der Waals surface area contributed by atoms with Crippen molar-refractivity contribution in [1.82, 2.24) is 0 Å². The molecule has 0 aliphatic carbocycles. The van der Waals surface area contributed by atoms with E-state index in [0.717, 1.165) is 4.90 Å². The van der Waals surface area contributed by atoms with E-state index in [1.165, 1.54) is 11.8 Å². The number of carboxylic acids is 1. The van der Waals surface area contributed by atoms with Crippen LogP contribution in [0.25, 0.3) is 0 Å². The Bertz CT molecular complexity index is 351. The Morgan fingerprint density at radius 1 is 1.20 bits per heavy atom. The lowest BCUT2D eigenvalue weighted by Gasteiger charge is -2.06. The van der Waals surface area contributed by atoms with Gasteiger partial charge in [0.15, 0.2) is 0 Å². The monoisotopic (exact) mass is 228 g/mol. The van der Waals surface area contributed by atoms with Crippen LogP contribution in [0.15, 0.2) is 23.1 Å². The topological polar surface area (TPSA) is 77.8 Å². The van der Waals surface area contributed by atoms with E-state index in [0.29, 0.717) is 11.1 Å². The molecule has 0 saturated carbocycles. The quantitative estimate of drug-likeness (QED) is 0.651. The summed E-state index contributed by atoms with van der Waals surface area (Å²) < 4.78 is 0. The fourth-order valence-corrected chi connectivity index (χ4v) is 1.82. The van der Waals surface area contributed by atoms with Crippen molar-refractivity contribution in [3.8, 4) is 0 Å². The average molecular weight is 228 g/mol. The number of carboxylic acid groups (broad SMARTS) is 1. The molecule has 0 atom stereocenters. The van der Waals surface area contributed by atoms with Crippen LogP contribution in [0, 0.1) is 0 Å². The maximum absolute atomic E-state index is 10.3. The molecular formula is C10H12O4S. The van der Waals surface area contributed by atoms with Gasteiger partial charge in [-0.15, -0.1) is 11.8 Å². The smallest absolute Gasteiger partial charge is 0.313 e. The van der Waals surface area contributed by atoms with Crippen molar-refractivity contribution < 1.29 is 20.1 Å². The summed E-state index contributed by atoms with van der Waals surface area (Å²) in [5, 5.41) is 26.5. The van der Waals surface area contributed by atoms with Crippen LogP contribution in [0.3, 0.4) is 0 Å². The lowest BCUT2D eigenvalue weighted by Crippen LogP contribution is -1.98. The first kappa shape index (κ1) is 12.0. The number of rotatable bonds is 5. The van der Waals surface area contributed by atoms with Crippen LogP contribution in [0.5, 0.6) is 0 Å². The lowest BCUT2D eigenvalue weighted by molar-refractivity contribution is -0.133. The zero-order valence-corrected chi connectivity index (χ0v) is 8.83. The highest BCUT2D eigenvalue weighted by Crippen LogP contribution is 2.21. The molecule has 1 rings (SSSR count). The maximum Gasteiger partial charge on any atom is 0.313 e. The minimum absolute atomic E-state index is 0.0106. The third-order valence-electron chi connectivity index (χ3n) is 1.88. The number of benzene rings is 1. The molecule has 3 N–H and O–H groups in total. The van der Waals surface area contributed by atoms with Gasteiger partial charge in [0.25, 0.3) is 0 Å². The number of hydrogen-bond donors (Lipinski definition) is 3. The van der Waals surface area contributed by atoms with Crippen LogP contribution in [-0.4, -0.2) is 27.0 Å². The molecule has 0 radical (unpaired) electrons. The molecule has 0 saturated heterocycles. The SMILES string of the molecule is O=C(O)CSc1ccc(CO)c(CO)c1. The second kappa shape index (κ2) is 5.75. The Hall–Kier alpha value is -1.04. The fraction of sp³-hybridized carbons (Fsp3) is 0.300. The first-order valence-electron chi connectivity index (χ1n) is 4.35. The van der Waals surface area contributed by atoms with Crippen molar-refractivity contribution >= 4 is 17.7 Å². The maximum atomic E-state index is 10.3. The summed E-state index contributed by atoms with van der Waals surface area (Å²) in [6.07, 6.45) is 0. The minimum atomic E-state index is -0.878. The molecule has 0 aliphatic rings. The number of aliphatic hydroxyl groups excluding tert-OH is 2. The number of aliphatic carboxylic acids is 1. The van der Waals surface area contributed by atoms with Crippen molar-refractivity contribution in [2.24, 2.45) is 0 Å². The van der Waals surface area contributed by atoms with Gasteiger partial charge in [-0.25, -0.2) is 0 Å². The Labute approximate surface area is 91.6 Å². The minimum Gasteiger partial charge on any atom is -0.481 e. The molecule has 0 aliphatic heterocycles. The molecule has 0 spiro atoms. The highest BCUT2D eigenvalue weighted by molar-refractivity contribution is 8.00. The molecule has 0 amide bonds. The molecule has 82 valence electrons. The van der Waals surface area contributed by atoms with Gasteiger partial charge < -0.3 is 15.3 Å². The summed E-state index contributed by atoms with van der Waals surface area (Å²) in [6.45, 7) is -0.281. The molecule has 0 aromatic heterocycles. The van der Waals surface area contributed by atoms with Gasteiger partial charge in [-0.2, -0.15) is 0 Å². The highest BCUT2D eigenvalue weighted by Gasteiger charge is 2.04. The molecule has 1 aromatic carbocycles. The first-order chi connectivity index (χ1) is 7.17. The number of thioether (sulfide) groups is 1. The summed E-state index contributed by atoms with van der Waals surface area (Å²) in [5.41, 5.74) is 1.30. The van der Waals surface area contributed by atoms with Gasteiger partial charge in [-0.05, 0) is 23.3 Å². The predicted molar refractivity (Wildman–Crippen MR) is 56.6 cm³/mol. The fourth-order valence-electron chi connectivity index (χ4n) is 1.14. The molecular weight excluding hydrogens is 216 g/mol. The summed E-state index contributed by atoms with van der Waals surface area (Å²) >= 11 is 1.18. The van der Waals surface area contributed by atoms with Crippen LogP contribution in [0.2, 0.25) is 0 Å². The van der Waals surface area contributed by atoms with Crippen molar-refractivity contribution in [3.05, 3.63) is 29.3 Å². The molecule has 4 nitrogen and oxygen atoms in total. The van der Waals surface area contributed by atoms with E-state index in [-0.39, 0.29) is 19.0 Å². The van der Waals surface area contributed by atoms with Crippen molar-refractivity contribution in [1.29, 1.82) is 0 Å². The van der Waals surface area contributed by atoms with Crippen LogP contribution in [-0.2, 0) is 18.0 Å².